The lowest BCUT2D eigenvalue weighted by molar-refractivity contribution is 0.0600. The second-order valence-electron chi connectivity index (χ2n) is 6.68. The normalized spacial score (nSPS) is 12.3. The van der Waals surface area contributed by atoms with Crippen molar-refractivity contribution >= 4 is 28.4 Å². The van der Waals surface area contributed by atoms with Crippen molar-refractivity contribution in [2.75, 3.05) is 13.7 Å². The van der Waals surface area contributed by atoms with Crippen LogP contribution in [0, 0.1) is 0 Å². The standard InChI is InChI=1S/C20H26N2O4S.ClH/c1-14(2)15-8-10-16(11-9-15)19(21)12-22-27(24,25)13-17-6-4-5-7-18(17)20(23)26-3;/h4-11,14,19,22H,12-13,21H2,1-3H3;1H. The highest BCUT2D eigenvalue weighted by Crippen LogP contribution is 2.18. The van der Waals surface area contributed by atoms with Crippen molar-refractivity contribution < 1.29 is 17.9 Å². The molecule has 2 aromatic rings. The zero-order chi connectivity index (χ0) is 20.0. The van der Waals surface area contributed by atoms with Gasteiger partial charge < -0.3 is 10.5 Å². The van der Waals surface area contributed by atoms with E-state index in [4.69, 9.17) is 10.5 Å². The molecular formula is C20H27ClN2O4S. The second kappa shape index (κ2) is 10.6. The van der Waals surface area contributed by atoms with Gasteiger partial charge in [-0.15, -0.1) is 12.4 Å². The summed E-state index contributed by atoms with van der Waals surface area (Å²) in [6, 6.07) is 13.8. The van der Waals surface area contributed by atoms with E-state index in [9.17, 15) is 13.2 Å². The van der Waals surface area contributed by atoms with Gasteiger partial charge in [-0.1, -0.05) is 56.3 Å². The Kier molecular flexibility index (Phi) is 9.10. The van der Waals surface area contributed by atoms with E-state index in [-0.39, 0.29) is 30.3 Å². The van der Waals surface area contributed by atoms with Crippen molar-refractivity contribution in [3.05, 3.63) is 70.8 Å². The van der Waals surface area contributed by atoms with E-state index in [1.165, 1.54) is 12.7 Å². The van der Waals surface area contributed by atoms with Crippen LogP contribution >= 0.6 is 12.4 Å². The number of rotatable bonds is 8. The molecule has 0 aliphatic carbocycles. The summed E-state index contributed by atoms with van der Waals surface area (Å²) < 4.78 is 32.1. The minimum atomic E-state index is -3.66. The van der Waals surface area contributed by atoms with Crippen LogP contribution in [0.25, 0.3) is 0 Å². The molecule has 0 saturated carbocycles. The minimum absolute atomic E-state index is 0. The number of ether oxygens (including phenoxy) is 1. The monoisotopic (exact) mass is 426 g/mol. The van der Waals surface area contributed by atoms with Crippen LogP contribution in [0.5, 0.6) is 0 Å². The van der Waals surface area contributed by atoms with Gasteiger partial charge in [-0.05, 0) is 28.7 Å². The quantitative estimate of drug-likeness (QED) is 0.632. The third kappa shape index (κ3) is 6.60. The number of nitrogens with one attached hydrogen (secondary N) is 1. The molecule has 1 unspecified atom stereocenters. The molecule has 0 radical (unpaired) electrons. The van der Waals surface area contributed by atoms with Gasteiger partial charge in [0, 0.05) is 12.6 Å². The third-order valence-corrected chi connectivity index (χ3v) is 5.62. The Morgan fingerprint density at radius 2 is 1.64 bits per heavy atom. The number of benzene rings is 2. The average Bonchev–Trinajstić information content (AvgIpc) is 2.65. The maximum Gasteiger partial charge on any atom is 0.338 e. The smallest absolute Gasteiger partial charge is 0.338 e. The summed E-state index contributed by atoms with van der Waals surface area (Å²) in [5.41, 5.74) is 8.80. The van der Waals surface area contributed by atoms with Crippen LogP contribution in [0.4, 0.5) is 0 Å². The van der Waals surface area contributed by atoms with E-state index < -0.39 is 22.0 Å². The first kappa shape index (κ1) is 24.1. The number of carbonyl (C=O) groups excluding carboxylic acids is 1. The van der Waals surface area contributed by atoms with E-state index in [1.54, 1.807) is 24.3 Å². The SMILES string of the molecule is COC(=O)c1ccccc1CS(=O)(=O)NCC(N)c1ccc(C(C)C)cc1.Cl. The molecule has 2 rings (SSSR count). The van der Waals surface area contributed by atoms with E-state index >= 15 is 0 Å². The lowest BCUT2D eigenvalue weighted by atomic mass is 9.99. The Morgan fingerprint density at radius 3 is 2.21 bits per heavy atom. The van der Waals surface area contributed by atoms with Gasteiger partial charge in [0.15, 0.2) is 0 Å². The van der Waals surface area contributed by atoms with Crippen LogP contribution in [0.3, 0.4) is 0 Å². The van der Waals surface area contributed by atoms with Crippen molar-refractivity contribution in [3.63, 3.8) is 0 Å². The van der Waals surface area contributed by atoms with Crippen molar-refractivity contribution in [2.24, 2.45) is 5.73 Å². The highest BCUT2D eigenvalue weighted by Gasteiger charge is 2.19. The molecule has 28 heavy (non-hydrogen) atoms. The predicted octanol–water partition coefficient (Wildman–Crippen LogP) is 3.14. The highest BCUT2D eigenvalue weighted by atomic mass is 35.5. The molecule has 0 aliphatic heterocycles. The van der Waals surface area contributed by atoms with E-state index in [1.807, 2.05) is 24.3 Å². The summed E-state index contributed by atoms with van der Waals surface area (Å²) in [5, 5.41) is 0. The van der Waals surface area contributed by atoms with Gasteiger partial charge in [-0.25, -0.2) is 17.9 Å². The van der Waals surface area contributed by atoms with Crippen molar-refractivity contribution in [1.29, 1.82) is 0 Å². The zero-order valence-corrected chi connectivity index (χ0v) is 17.8. The van der Waals surface area contributed by atoms with Gasteiger partial charge in [0.1, 0.15) is 0 Å². The van der Waals surface area contributed by atoms with Gasteiger partial charge >= 0.3 is 5.97 Å². The largest absolute Gasteiger partial charge is 0.465 e. The molecule has 0 aromatic heterocycles. The summed E-state index contributed by atoms with van der Waals surface area (Å²) in [7, 11) is -2.40. The van der Waals surface area contributed by atoms with Gasteiger partial charge in [0.05, 0.1) is 18.4 Å². The van der Waals surface area contributed by atoms with E-state index in [0.29, 0.717) is 11.5 Å². The first-order chi connectivity index (χ1) is 12.7. The molecule has 3 N–H and O–H groups in total. The van der Waals surface area contributed by atoms with E-state index in [0.717, 1.165) is 5.56 Å². The molecule has 0 spiro atoms. The summed E-state index contributed by atoms with van der Waals surface area (Å²) in [5.74, 6) is -0.469. The van der Waals surface area contributed by atoms with Crippen LogP contribution in [-0.2, 0) is 20.5 Å². The Morgan fingerprint density at radius 1 is 1.07 bits per heavy atom. The fourth-order valence-corrected chi connectivity index (χ4v) is 3.87. The molecular weight excluding hydrogens is 400 g/mol. The fourth-order valence-electron chi connectivity index (χ4n) is 2.67. The molecule has 0 fully saturated rings. The maximum absolute atomic E-state index is 12.4. The van der Waals surface area contributed by atoms with Crippen LogP contribution < -0.4 is 10.5 Å². The van der Waals surface area contributed by atoms with Gasteiger partial charge in [-0.3, -0.25) is 0 Å². The molecule has 0 aliphatic rings. The van der Waals surface area contributed by atoms with Crippen molar-refractivity contribution in [2.45, 2.75) is 31.6 Å². The molecule has 0 saturated heterocycles. The van der Waals surface area contributed by atoms with Crippen molar-refractivity contribution in [1.82, 2.24) is 4.72 Å². The summed E-state index contributed by atoms with van der Waals surface area (Å²) in [6.07, 6.45) is 0. The van der Waals surface area contributed by atoms with Crippen LogP contribution in [0.2, 0.25) is 0 Å². The number of hydrogen-bond acceptors (Lipinski definition) is 5. The number of halogens is 1. The number of nitrogens with two attached hydrogens (primary N) is 1. The number of carbonyl (C=O) groups is 1. The second-order valence-corrected chi connectivity index (χ2v) is 8.49. The molecule has 0 heterocycles. The molecule has 2 aromatic carbocycles. The third-order valence-electron chi connectivity index (χ3n) is 4.32. The summed E-state index contributed by atoms with van der Waals surface area (Å²) in [6.45, 7) is 4.29. The van der Waals surface area contributed by atoms with Gasteiger partial charge in [0.25, 0.3) is 0 Å². The predicted molar refractivity (Wildman–Crippen MR) is 113 cm³/mol. The number of hydrogen-bond donors (Lipinski definition) is 2. The summed E-state index contributed by atoms with van der Waals surface area (Å²) >= 11 is 0. The van der Waals surface area contributed by atoms with Crippen LogP contribution in [0.15, 0.2) is 48.5 Å². The molecule has 0 bridgehead atoms. The molecule has 154 valence electrons. The molecule has 6 nitrogen and oxygen atoms in total. The first-order valence-corrected chi connectivity index (χ1v) is 10.4. The number of esters is 1. The number of sulfonamides is 1. The van der Waals surface area contributed by atoms with Gasteiger partial charge in [-0.2, -0.15) is 0 Å². The topological polar surface area (TPSA) is 98.5 Å². The lowest BCUT2D eigenvalue weighted by Crippen LogP contribution is -2.33. The van der Waals surface area contributed by atoms with Crippen LogP contribution in [0.1, 0.15) is 52.9 Å². The Bertz CT molecular complexity index is 883. The van der Waals surface area contributed by atoms with E-state index in [2.05, 4.69) is 18.6 Å². The Balaban J connectivity index is 0.00000392. The number of methoxy groups -OCH3 is 1. The maximum atomic E-state index is 12.4. The van der Waals surface area contributed by atoms with Gasteiger partial charge in [0.2, 0.25) is 10.0 Å². The minimum Gasteiger partial charge on any atom is -0.465 e. The molecule has 0 amide bonds. The van der Waals surface area contributed by atoms with Crippen molar-refractivity contribution in [3.8, 4) is 0 Å². The first-order valence-electron chi connectivity index (χ1n) is 8.72. The molecule has 8 heteroatoms. The average molecular weight is 427 g/mol. The summed E-state index contributed by atoms with van der Waals surface area (Å²) in [4.78, 5) is 11.8. The Hall–Kier alpha value is -1.93. The zero-order valence-electron chi connectivity index (χ0n) is 16.2. The molecule has 1 atom stereocenters. The Labute approximate surface area is 172 Å². The fraction of sp³-hybridized carbons (Fsp3) is 0.350. The highest BCUT2D eigenvalue weighted by molar-refractivity contribution is 7.88. The lowest BCUT2D eigenvalue weighted by Gasteiger charge is -2.15. The van der Waals surface area contributed by atoms with Crippen LogP contribution in [-0.4, -0.2) is 28.0 Å².